The maximum Gasteiger partial charge on any atom is 0.0471 e. The van der Waals surface area contributed by atoms with Crippen LogP contribution in [0.1, 0.15) is 42.7 Å². The molecule has 1 nitrogen and oxygen atoms in total. The molecule has 1 aromatic heterocycles. The van der Waals surface area contributed by atoms with E-state index in [2.05, 4.69) is 108 Å². The van der Waals surface area contributed by atoms with E-state index in [1.807, 2.05) is 0 Å². The van der Waals surface area contributed by atoms with Crippen molar-refractivity contribution in [1.29, 1.82) is 0 Å². The Morgan fingerprint density at radius 2 is 1.59 bits per heavy atom. The highest BCUT2D eigenvalue weighted by Crippen LogP contribution is 2.35. The zero-order valence-corrected chi connectivity index (χ0v) is 18.2. The minimum atomic E-state index is 0.428. The molecule has 0 saturated carbocycles. The van der Waals surface area contributed by atoms with Crippen LogP contribution in [0.3, 0.4) is 0 Å². The number of nitrogens with one attached hydrogen (secondary N) is 1. The fourth-order valence-corrected chi connectivity index (χ4v) is 5.05. The molecule has 0 radical (unpaired) electrons. The van der Waals surface area contributed by atoms with E-state index in [4.69, 9.17) is 0 Å². The summed E-state index contributed by atoms with van der Waals surface area (Å²) in [5, 5.41) is 2.58. The van der Waals surface area contributed by atoms with Crippen LogP contribution in [0, 0.1) is 0 Å². The van der Waals surface area contributed by atoms with E-state index in [0.717, 1.165) is 25.7 Å². The average molecular weight is 414 g/mol. The van der Waals surface area contributed by atoms with E-state index >= 15 is 0 Å². The molecule has 1 N–H and O–H groups in total. The number of allylic oxidation sites excluding steroid dienone is 8. The van der Waals surface area contributed by atoms with Gasteiger partial charge in [-0.2, -0.15) is 0 Å². The molecule has 0 spiro atoms. The van der Waals surface area contributed by atoms with Crippen LogP contribution in [0.4, 0.5) is 0 Å². The van der Waals surface area contributed by atoms with E-state index in [9.17, 15) is 0 Å². The summed E-state index contributed by atoms with van der Waals surface area (Å²) in [5.74, 6) is 0.428. The molecule has 4 aromatic rings. The smallest absolute Gasteiger partial charge is 0.0471 e. The Labute approximate surface area is 189 Å². The van der Waals surface area contributed by atoms with Crippen molar-refractivity contribution in [1.82, 2.24) is 4.98 Å². The predicted octanol–water partition coefficient (Wildman–Crippen LogP) is 8.71. The lowest BCUT2D eigenvalue weighted by Crippen LogP contribution is -1.97. The fraction of sp³-hybridized carbons (Fsp3) is 0.161. The molecular formula is C31H27N. The number of rotatable bonds is 3. The predicted molar refractivity (Wildman–Crippen MR) is 138 cm³/mol. The lowest BCUT2D eigenvalue weighted by Gasteiger charge is -2.17. The van der Waals surface area contributed by atoms with Crippen LogP contribution in [-0.2, 0) is 0 Å². The maximum absolute atomic E-state index is 3.61. The molecule has 1 atom stereocenters. The molecule has 0 amide bonds. The number of hydrogen-bond acceptors (Lipinski definition) is 0. The highest BCUT2D eigenvalue weighted by atomic mass is 14.7. The fourth-order valence-electron chi connectivity index (χ4n) is 5.05. The van der Waals surface area contributed by atoms with Crippen molar-refractivity contribution in [2.75, 3.05) is 0 Å². The van der Waals surface area contributed by atoms with E-state index in [-0.39, 0.29) is 0 Å². The first-order valence-electron chi connectivity index (χ1n) is 11.7. The van der Waals surface area contributed by atoms with Gasteiger partial charge in [0.05, 0.1) is 0 Å². The van der Waals surface area contributed by atoms with Crippen LogP contribution in [-0.4, -0.2) is 4.98 Å². The van der Waals surface area contributed by atoms with Crippen molar-refractivity contribution in [3.63, 3.8) is 0 Å². The average Bonchev–Trinajstić information content (AvgIpc) is 3.01. The maximum atomic E-state index is 3.61. The second-order valence-electron chi connectivity index (χ2n) is 8.89. The van der Waals surface area contributed by atoms with Crippen molar-refractivity contribution < 1.29 is 0 Å². The lowest BCUT2D eigenvalue weighted by molar-refractivity contribution is 0.867. The molecule has 0 saturated heterocycles. The van der Waals surface area contributed by atoms with Crippen LogP contribution in [0.25, 0.3) is 38.5 Å². The Hall–Kier alpha value is -3.58. The molecule has 1 unspecified atom stereocenters. The quantitative estimate of drug-likeness (QED) is 0.323. The summed E-state index contributed by atoms with van der Waals surface area (Å²) in [7, 11) is 0. The zero-order chi connectivity index (χ0) is 21.3. The molecule has 1 heteroatoms. The van der Waals surface area contributed by atoms with E-state index in [1.54, 1.807) is 0 Å². The van der Waals surface area contributed by atoms with Gasteiger partial charge in [-0.3, -0.25) is 0 Å². The van der Waals surface area contributed by atoms with Gasteiger partial charge in [-0.05, 0) is 71.7 Å². The monoisotopic (exact) mass is 413 g/mol. The van der Waals surface area contributed by atoms with Crippen molar-refractivity contribution in [2.24, 2.45) is 0 Å². The highest BCUT2D eigenvalue weighted by molar-refractivity contribution is 6.08. The van der Waals surface area contributed by atoms with Gasteiger partial charge in [-0.1, -0.05) is 85.0 Å². The number of H-pyrrole nitrogens is 1. The van der Waals surface area contributed by atoms with Gasteiger partial charge in [0.25, 0.3) is 0 Å². The minimum absolute atomic E-state index is 0.428. The molecule has 32 heavy (non-hydrogen) atoms. The van der Waals surface area contributed by atoms with Crippen molar-refractivity contribution in [2.45, 2.75) is 31.6 Å². The summed E-state index contributed by atoms with van der Waals surface area (Å²) in [4.78, 5) is 3.61. The van der Waals surface area contributed by atoms with Crippen molar-refractivity contribution >= 4 is 27.4 Å². The van der Waals surface area contributed by atoms with Crippen LogP contribution < -0.4 is 0 Å². The van der Waals surface area contributed by atoms with Crippen molar-refractivity contribution in [3.05, 3.63) is 114 Å². The Bertz CT molecular complexity index is 1420. The molecular weight excluding hydrogens is 386 g/mol. The number of benzene rings is 3. The third kappa shape index (κ3) is 3.54. The first-order chi connectivity index (χ1) is 15.8. The zero-order valence-electron chi connectivity index (χ0n) is 18.2. The molecule has 2 aliphatic carbocycles. The van der Waals surface area contributed by atoms with E-state index < -0.39 is 0 Å². The SMILES string of the molecule is C1=CCC(c2cc(C3=CCCC=C3)cc(-c3ccc4c(c3)[nH]c3ccccc34)c2)C=CC1. The van der Waals surface area contributed by atoms with Gasteiger partial charge in [-0.15, -0.1) is 0 Å². The Balaban J connectivity index is 1.50. The highest BCUT2D eigenvalue weighted by Gasteiger charge is 2.14. The summed E-state index contributed by atoms with van der Waals surface area (Å²) in [6.45, 7) is 0. The lowest BCUT2D eigenvalue weighted by atomic mass is 9.88. The molecule has 156 valence electrons. The summed E-state index contributed by atoms with van der Waals surface area (Å²) < 4.78 is 0. The number of hydrogen-bond donors (Lipinski definition) is 1. The normalized spacial score (nSPS) is 18.2. The van der Waals surface area contributed by atoms with E-state index in [1.165, 1.54) is 49.6 Å². The van der Waals surface area contributed by atoms with Gasteiger partial charge in [0.15, 0.2) is 0 Å². The summed E-state index contributed by atoms with van der Waals surface area (Å²) in [6, 6.07) is 22.6. The molecule has 6 rings (SSSR count). The van der Waals surface area contributed by atoms with Gasteiger partial charge >= 0.3 is 0 Å². The molecule has 1 heterocycles. The summed E-state index contributed by atoms with van der Waals surface area (Å²) in [6.07, 6.45) is 20.6. The topological polar surface area (TPSA) is 15.8 Å². The number of fused-ring (bicyclic) bond motifs is 3. The number of aromatic nitrogens is 1. The molecule has 0 aliphatic heterocycles. The first kappa shape index (κ1) is 19.1. The van der Waals surface area contributed by atoms with Gasteiger partial charge in [0.2, 0.25) is 0 Å². The first-order valence-corrected chi connectivity index (χ1v) is 11.7. The molecule has 2 aliphatic rings. The van der Waals surface area contributed by atoms with Crippen LogP contribution in [0.5, 0.6) is 0 Å². The standard InChI is InChI=1S/C31H27N/c1-2-5-11-22(10-4-1)25-18-26(23-12-6-3-7-13-23)20-27(19-25)24-16-17-29-28-14-8-9-15-30(28)32-31(29)21-24/h1,4-6,8-9,11-22,32H,2-3,7,10H2. The Morgan fingerprint density at radius 1 is 0.688 bits per heavy atom. The number of para-hydroxylation sites is 1. The second kappa shape index (κ2) is 8.16. The van der Waals surface area contributed by atoms with Gasteiger partial charge in [-0.25, -0.2) is 0 Å². The van der Waals surface area contributed by atoms with E-state index in [0.29, 0.717) is 5.92 Å². The van der Waals surface area contributed by atoms with Crippen LogP contribution >= 0.6 is 0 Å². The van der Waals surface area contributed by atoms with Gasteiger partial charge < -0.3 is 4.98 Å². The molecule has 3 aromatic carbocycles. The second-order valence-corrected chi connectivity index (χ2v) is 8.89. The Morgan fingerprint density at radius 3 is 2.53 bits per heavy atom. The summed E-state index contributed by atoms with van der Waals surface area (Å²) in [5.41, 5.74) is 9.02. The van der Waals surface area contributed by atoms with Crippen LogP contribution in [0.15, 0.2) is 103 Å². The largest absolute Gasteiger partial charge is 0.354 e. The third-order valence-corrected chi connectivity index (χ3v) is 6.75. The molecule has 0 fully saturated rings. The van der Waals surface area contributed by atoms with Gasteiger partial charge in [0.1, 0.15) is 0 Å². The summed E-state index contributed by atoms with van der Waals surface area (Å²) >= 11 is 0. The number of aromatic amines is 1. The Kier molecular flexibility index (Phi) is 4.88. The molecule has 0 bridgehead atoms. The van der Waals surface area contributed by atoms with Crippen LogP contribution in [0.2, 0.25) is 0 Å². The van der Waals surface area contributed by atoms with Gasteiger partial charge in [0, 0.05) is 27.7 Å². The minimum Gasteiger partial charge on any atom is -0.354 e. The van der Waals surface area contributed by atoms with Crippen molar-refractivity contribution in [3.8, 4) is 11.1 Å². The third-order valence-electron chi connectivity index (χ3n) is 6.75.